The molecule has 2 rings (SSSR count). The fourth-order valence-electron chi connectivity index (χ4n) is 3.02. The van der Waals surface area contributed by atoms with Crippen LogP contribution in [0.2, 0.25) is 0 Å². The van der Waals surface area contributed by atoms with Crippen LogP contribution in [0.5, 0.6) is 0 Å². The van der Waals surface area contributed by atoms with Gasteiger partial charge in [0.15, 0.2) is 0 Å². The molecule has 2 aliphatic heterocycles. The number of rotatable bonds is 1. The third-order valence-corrected chi connectivity index (χ3v) is 4.00. The van der Waals surface area contributed by atoms with Crippen molar-refractivity contribution in [3.8, 4) is 0 Å². The molecule has 2 unspecified atom stereocenters. The van der Waals surface area contributed by atoms with Crippen LogP contribution in [0.3, 0.4) is 0 Å². The first-order chi connectivity index (χ1) is 7.47. The van der Waals surface area contributed by atoms with Crippen molar-refractivity contribution in [1.82, 2.24) is 10.6 Å². The lowest BCUT2D eigenvalue weighted by Gasteiger charge is -2.29. The maximum atomic E-state index is 3.78. The molecule has 0 aliphatic carbocycles. The molecule has 15 heavy (non-hydrogen) atoms. The molecule has 0 amide bonds. The molecule has 0 spiro atoms. The zero-order chi connectivity index (χ0) is 10.3. The highest BCUT2D eigenvalue weighted by atomic mass is 14.9. The van der Waals surface area contributed by atoms with E-state index in [1.165, 1.54) is 71.0 Å². The molecule has 2 heteroatoms. The molecule has 88 valence electrons. The van der Waals surface area contributed by atoms with Gasteiger partial charge in [-0.05, 0) is 51.2 Å². The quantitative estimate of drug-likeness (QED) is 0.694. The third-order valence-electron chi connectivity index (χ3n) is 4.00. The molecule has 0 aromatic carbocycles. The van der Waals surface area contributed by atoms with Gasteiger partial charge in [0.2, 0.25) is 0 Å². The van der Waals surface area contributed by atoms with Crippen molar-refractivity contribution in [2.45, 2.75) is 57.4 Å². The number of hydrogen-bond donors (Lipinski definition) is 2. The molecule has 0 aromatic rings. The van der Waals surface area contributed by atoms with E-state index >= 15 is 0 Å². The van der Waals surface area contributed by atoms with Crippen molar-refractivity contribution >= 4 is 0 Å². The maximum absolute atomic E-state index is 3.78. The third kappa shape index (κ3) is 3.76. The second-order valence-corrected chi connectivity index (χ2v) is 5.22. The van der Waals surface area contributed by atoms with Crippen LogP contribution in [0.15, 0.2) is 0 Å². The molecule has 0 aromatic heterocycles. The Kier molecular flexibility index (Phi) is 4.94. The Morgan fingerprint density at radius 1 is 0.733 bits per heavy atom. The molecule has 0 bridgehead atoms. The molecule has 0 radical (unpaired) electrons. The fraction of sp³-hybridized carbons (Fsp3) is 1.00. The zero-order valence-corrected chi connectivity index (χ0v) is 9.93. The standard InChI is InChI=1S/C13H26N2/c1-2-5-10-15-13(8-3-1)12-7-4-6-9-14-11-12/h12-15H,1-11H2. The monoisotopic (exact) mass is 210 g/mol. The van der Waals surface area contributed by atoms with Crippen LogP contribution in [-0.4, -0.2) is 25.7 Å². The molecule has 2 N–H and O–H groups in total. The van der Waals surface area contributed by atoms with Crippen LogP contribution >= 0.6 is 0 Å². The average Bonchev–Trinajstić information content (AvgIpc) is 2.45. The smallest absolute Gasteiger partial charge is 0.0107 e. The summed E-state index contributed by atoms with van der Waals surface area (Å²) >= 11 is 0. The van der Waals surface area contributed by atoms with Crippen molar-refractivity contribution in [2.24, 2.45) is 5.92 Å². The minimum absolute atomic E-state index is 0.802. The summed E-state index contributed by atoms with van der Waals surface area (Å²) in [6.07, 6.45) is 11.4. The predicted octanol–water partition coefficient (Wildman–Crippen LogP) is 2.30. The summed E-state index contributed by atoms with van der Waals surface area (Å²) in [4.78, 5) is 0. The van der Waals surface area contributed by atoms with Crippen LogP contribution < -0.4 is 10.6 Å². The van der Waals surface area contributed by atoms with Gasteiger partial charge in [0.25, 0.3) is 0 Å². The Morgan fingerprint density at radius 3 is 2.53 bits per heavy atom. The molecular weight excluding hydrogens is 184 g/mol. The van der Waals surface area contributed by atoms with E-state index in [4.69, 9.17) is 0 Å². The van der Waals surface area contributed by atoms with E-state index in [1.54, 1.807) is 0 Å². The van der Waals surface area contributed by atoms with Gasteiger partial charge in [-0.2, -0.15) is 0 Å². The second kappa shape index (κ2) is 6.49. The van der Waals surface area contributed by atoms with Crippen molar-refractivity contribution in [3.05, 3.63) is 0 Å². The Bertz CT molecular complexity index is 154. The summed E-state index contributed by atoms with van der Waals surface area (Å²) in [5.74, 6) is 0.894. The van der Waals surface area contributed by atoms with Crippen LogP contribution in [0.1, 0.15) is 51.4 Å². The molecular formula is C13H26N2. The lowest BCUT2D eigenvalue weighted by atomic mass is 9.89. The summed E-state index contributed by atoms with van der Waals surface area (Å²) in [5.41, 5.74) is 0. The highest BCUT2D eigenvalue weighted by Gasteiger charge is 2.22. The lowest BCUT2D eigenvalue weighted by molar-refractivity contribution is 0.295. The lowest BCUT2D eigenvalue weighted by Crippen LogP contribution is -2.41. The number of hydrogen-bond acceptors (Lipinski definition) is 2. The van der Waals surface area contributed by atoms with Crippen LogP contribution in [0, 0.1) is 5.92 Å². The largest absolute Gasteiger partial charge is 0.316 e. The van der Waals surface area contributed by atoms with E-state index in [-0.39, 0.29) is 0 Å². The zero-order valence-electron chi connectivity index (χ0n) is 9.93. The molecule has 2 saturated heterocycles. The van der Waals surface area contributed by atoms with Gasteiger partial charge in [-0.3, -0.25) is 0 Å². The van der Waals surface area contributed by atoms with Gasteiger partial charge in [-0.25, -0.2) is 0 Å². The highest BCUT2D eigenvalue weighted by molar-refractivity contribution is 4.81. The molecule has 2 atom stereocenters. The fourth-order valence-corrected chi connectivity index (χ4v) is 3.02. The van der Waals surface area contributed by atoms with Gasteiger partial charge < -0.3 is 10.6 Å². The van der Waals surface area contributed by atoms with E-state index in [9.17, 15) is 0 Å². The molecule has 2 aliphatic rings. The van der Waals surface area contributed by atoms with Crippen LogP contribution in [0.25, 0.3) is 0 Å². The molecule has 2 heterocycles. The topological polar surface area (TPSA) is 24.1 Å². The Labute approximate surface area is 94.2 Å². The Hall–Kier alpha value is -0.0800. The SMILES string of the molecule is C1CCCC(C2CCCCNC2)NCC1. The van der Waals surface area contributed by atoms with Gasteiger partial charge in [-0.1, -0.05) is 25.7 Å². The highest BCUT2D eigenvalue weighted by Crippen LogP contribution is 2.21. The van der Waals surface area contributed by atoms with Crippen molar-refractivity contribution in [3.63, 3.8) is 0 Å². The minimum Gasteiger partial charge on any atom is -0.316 e. The van der Waals surface area contributed by atoms with E-state index in [1.807, 2.05) is 0 Å². The summed E-state index contributed by atoms with van der Waals surface area (Å²) < 4.78 is 0. The summed E-state index contributed by atoms with van der Waals surface area (Å²) in [6, 6.07) is 0.802. The Balaban J connectivity index is 1.82. The van der Waals surface area contributed by atoms with Crippen molar-refractivity contribution in [2.75, 3.05) is 19.6 Å². The first-order valence-electron chi connectivity index (χ1n) is 6.91. The van der Waals surface area contributed by atoms with Crippen molar-refractivity contribution in [1.29, 1.82) is 0 Å². The van der Waals surface area contributed by atoms with Gasteiger partial charge in [-0.15, -0.1) is 0 Å². The summed E-state index contributed by atoms with van der Waals surface area (Å²) in [7, 11) is 0. The first-order valence-corrected chi connectivity index (χ1v) is 6.91. The molecule has 2 nitrogen and oxygen atoms in total. The van der Waals surface area contributed by atoms with Crippen LogP contribution in [-0.2, 0) is 0 Å². The number of nitrogens with one attached hydrogen (secondary N) is 2. The maximum Gasteiger partial charge on any atom is 0.0107 e. The molecule has 2 fully saturated rings. The predicted molar refractivity (Wildman–Crippen MR) is 65.1 cm³/mol. The molecule has 0 saturated carbocycles. The van der Waals surface area contributed by atoms with E-state index < -0.39 is 0 Å². The minimum atomic E-state index is 0.802. The van der Waals surface area contributed by atoms with Crippen LogP contribution in [0.4, 0.5) is 0 Å². The summed E-state index contributed by atoms with van der Waals surface area (Å²) in [6.45, 7) is 3.74. The van der Waals surface area contributed by atoms with Gasteiger partial charge in [0.05, 0.1) is 0 Å². The van der Waals surface area contributed by atoms with Gasteiger partial charge in [0, 0.05) is 6.04 Å². The van der Waals surface area contributed by atoms with Crippen molar-refractivity contribution < 1.29 is 0 Å². The average molecular weight is 210 g/mol. The Morgan fingerprint density at radius 2 is 1.53 bits per heavy atom. The van der Waals surface area contributed by atoms with E-state index in [0.717, 1.165) is 12.0 Å². The van der Waals surface area contributed by atoms with E-state index in [2.05, 4.69) is 10.6 Å². The second-order valence-electron chi connectivity index (χ2n) is 5.22. The first kappa shape index (κ1) is 11.4. The van der Waals surface area contributed by atoms with Gasteiger partial charge >= 0.3 is 0 Å². The summed E-state index contributed by atoms with van der Waals surface area (Å²) in [5, 5.41) is 7.37. The van der Waals surface area contributed by atoms with E-state index in [0.29, 0.717) is 0 Å². The normalized spacial score (nSPS) is 35.2. The van der Waals surface area contributed by atoms with Gasteiger partial charge in [0.1, 0.15) is 0 Å².